The summed E-state index contributed by atoms with van der Waals surface area (Å²) in [5, 5.41) is 2.85. The van der Waals surface area contributed by atoms with E-state index in [9.17, 15) is 0 Å². The van der Waals surface area contributed by atoms with Gasteiger partial charge in [-0.3, -0.25) is 0 Å². The molecular formula is C23H19ClN2. The van der Waals surface area contributed by atoms with Crippen LogP contribution in [0, 0.1) is 0 Å². The fourth-order valence-electron chi connectivity index (χ4n) is 5.15. The van der Waals surface area contributed by atoms with Gasteiger partial charge in [-0.2, -0.15) is 0 Å². The van der Waals surface area contributed by atoms with Gasteiger partial charge in [-0.1, -0.05) is 48.5 Å². The summed E-state index contributed by atoms with van der Waals surface area (Å²) in [6.07, 6.45) is 3.25. The van der Waals surface area contributed by atoms with Crippen molar-refractivity contribution in [3.63, 3.8) is 0 Å². The molecule has 0 bridgehead atoms. The van der Waals surface area contributed by atoms with Crippen molar-refractivity contribution in [3.8, 4) is 11.4 Å². The maximum atomic E-state index is 6.62. The van der Waals surface area contributed by atoms with Gasteiger partial charge in [0, 0.05) is 22.9 Å². The number of nitrogens with zero attached hydrogens (tertiary/aromatic N) is 2. The third-order valence-electron chi connectivity index (χ3n) is 6.26. The first-order valence-electron chi connectivity index (χ1n) is 9.44. The summed E-state index contributed by atoms with van der Waals surface area (Å²) in [7, 11) is 0. The summed E-state index contributed by atoms with van der Waals surface area (Å²) in [5.41, 5.74) is 5.09. The Morgan fingerprint density at radius 2 is 1.77 bits per heavy atom. The van der Waals surface area contributed by atoms with Gasteiger partial charge in [0.15, 0.2) is 0 Å². The number of para-hydroxylation sites is 2. The standard InChI is InChI=1S/C23H19ClN2/c24-15-10-12-20-18(13-15)17-11-9-14-5-1-2-6-16(14)22(17)23-25-19-7-3-4-8-21(19)26(20)23/h1-9,11,15,18,20H,10,12-13H2. The zero-order chi connectivity index (χ0) is 17.3. The summed E-state index contributed by atoms with van der Waals surface area (Å²) < 4.78 is 2.51. The zero-order valence-electron chi connectivity index (χ0n) is 14.4. The minimum Gasteiger partial charge on any atom is -0.320 e. The number of halogens is 1. The van der Waals surface area contributed by atoms with Crippen molar-refractivity contribution in [1.29, 1.82) is 0 Å². The van der Waals surface area contributed by atoms with Crippen molar-refractivity contribution in [1.82, 2.24) is 9.55 Å². The van der Waals surface area contributed by atoms with E-state index >= 15 is 0 Å². The van der Waals surface area contributed by atoms with E-state index < -0.39 is 0 Å². The predicted octanol–water partition coefficient (Wildman–Crippen LogP) is 6.29. The quantitative estimate of drug-likeness (QED) is 0.338. The maximum absolute atomic E-state index is 6.62. The van der Waals surface area contributed by atoms with Gasteiger partial charge in [0.05, 0.1) is 11.0 Å². The van der Waals surface area contributed by atoms with Crippen LogP contribution in [0.4, 0.5) is 0 Å². The van der Waals surface area contributed by atoms with Crippen LogP contribution in [0.2, 0.25) is 0 Å². The van der Waals surface area contributed by atoms with Gasteiger partial charge in [-0.25, -0.2) is 4.98 Å². The Hall–Kier alpha value is -2.32. The Kier molecular flexibility index (Phi) is 3.04. The first kappa shape index (κ1) is 14.8. The molecule has 0 N–H and O–H groups in total. The van der Waals surface area contributed by atoms with Crippen molar-refractivity contribution in [2.45, 2.75) is 36.6 Å². The van der Waals surface area contributed by atoms with Crippen LogP contribution in [0.5, 0.6) is 0 Å². The molecule has 2 heterocycles. The number of aromatic nitrogens is 2. The van der Waals surface area contributed by atoms with E-state index in [-0.39, 0.29) is 5.38 Å². The highest BCUT2D eigenvalue weighted by Crippen LogP contribution is 2.53. The number of benzene rings is 3. The fourth-order valence-corrected chi connectivity index (χ4v) is 5.47. The molecular weight excluding hydrogens is 340 g/mol. The molecule has 1 aliphatic carbocycles. The van der Waals surface area contributed by atoms with E-state index in [0.717, 1.165) is 30.6 Å². The molecule has 0 saturated heterocycles. The Labute approximate surface area is 157 Å². The molecule has 1 saturated carbocycles. The number of imidazole rings is 1. The number of alkyl halides is 1. The predicted molar refractivity (Wildman–Crippen MR) is 108 cm³/mol. The molecule has 1 aromatic heterocycles. The Morgan fingerprint density at radius 1 is 0.923 bits per heavy atom. The van der Waals surface area contributed by atoms with Gasteiger partial charge in [0.2, 0.25) is 0 Å². The molecule has 3 atom stereocenters. The van der Waals surface area contributed by atoms with Crippen LogP contribution in [0.15, 0.2) is 60.7 Å². The molecule has 2 aliphatic rings. The Balaban J connectivity index is 1.76. The molecule has 0 amide bonds. The molecule has 6 rings (SSSR count). The lowest BCUT2D eigenvalue weighted by Gasteiger charge is -2.40. The van der Waals surface area contributed by atoms with Crippen LogP contribution in [-0.2, 0) is 0 Å². The van der Waals surface area contributed by atoms with Gasteiger partial charge < -0.3 is 4.57 Å². The second-order valence-electron chi connectivity index (χ2n) is 7.63. The first-order valence-corrected chi connectivity index (χ1v) is 9.88. The highest BCUT2D eigenvalue weighted by molar-refractivity contribution is 6.20. The Bertz CT molecular complexity index is 1160. The van der Waals surface area contributed by atoms with Crippen molar-refractivity contribution in [3.05, 3.63) is 66.2 Å². The van der Waals surface area contributed by atoms with Gasteiger partial charge in [-0.15, -0.1) is 11.6 Å². The molecule has 4 aromatic rings. The van der Waals surface area contributed by atoms with E-state index in [4.69, 9.17) is 16.6 Å². The van der Waals surface area contributed by atoms with Crippen molar-refractivity contribution >= 4 is 33.4 Å². The second kappa shape index (κ2) is 5.34. The van der Waals surface area contributed by atoms with Crippen LogP contribution in [0.1, 0.15) is 36.8 Å². The van der Waals surface area contributed by atoms with Crippen LogP contribution >= 0.6 is 11.6 Å². The molecule has 3 aromatic carbocycles. The van der Waals surface area contributed by atoms with E-state index in [1.807, 2.05) is 0 Å². The molecule has 1 fully saturated rings. The Morgan fingerprint density at radius 3 is 2.73 bits per heavy atom. The molecule has 3 unspecified atom stereocenters. The SMILES string of the molecule is ClC1CCC2C(C1)c1ccc3ccccc3c1-c1nc3ccccc3n12. The smallest absolute Gasteiger partial charge is 0.142 e. The number of hydrogen-bond acceptors (Lipinski definition) is 1. The lowest BCUT2D eigenvalue weighted by Crippen LogP contribution is -2.30. The lowest BCUT2D eigenvalue weighted by molar-refractivity contribution is 0.310. The van der Waals surface area contributed by atoms with Gasteiger partial charge >= 0.3 is 0 Å². The van der Waals surface area contributed by atoms with E-state index in [0.29, 0.717) is 12.0 Å². The van der Waals surface area contributed by atoms with E-state index in [2.05, 4.69) is 65.2 Å². The fraction of sp³-hybridized carbons (Fsp3) is 0.261. The topological polar surface area (TPSA) is 17.8 Å². The summed E-state index contributed by atoms with van der Waals surface area (Å²) in [5.74, 6) is 1.60. The number of hydrogen-bond donors (Lipinski definition) is 0. The third-order valence-corrected chi connectivity index (χ3v) is 6.66. The monoisotopic (exact) mass is 358 g/mol. The normalized spacial score (nSPS) is 24.3. The molecule has 2 nitrogen and oxygen atoms in total. The van der Waals surface area contributed by atoms with Crippen LogP contribution in [-0.4, -0.2) is 14.9 Å². The van der Waals surface area contributed by atoms with Crippen LogP contribution in [0.3, 0.4) is 0 Å². The highest BCUT2D eigenvalue weighted by Gasteiger charge is 2.39. The van der Waals surface area contributed by atoms with E-state index in [1.54, 1.807) is 0 Å². The molecule has 26 heavy (non-hydrogen) atoms. The average molecular weight is 359 g/mol. The second-order valence-corrected chi connectivity index (χ2v) is 8.25. The first-order chi connectivity index (χ1) is 12.8. The van der Waals surface area contributed by atoms with Crippen molar-refractivity contribution in [2.24, 2.45) is 0 Å². The van der Waals surface area contributed by atoms with Gasteiger partial charge in [-0.05, 0) is 47.7 Å². The molecule has 1 aliphatic heterocycles. The number of rotatable bonds is 0. The minimum absolute atomic E-state index is 0.270. The molecule has 3 heteroatoms. The average Bonchev–Trinajstić information content (AvgIpc) is 3.07. The van der Waals surface area contributed by atoms with Gasteiger partial charge in [0.1, 0.15) is 5.82 Å². The summed E-state index contributed by atoms with van der Waals surface area (Å²) >= 11 is 6.62. The maximum Gasteiger partial charge on any atom is 0.142 e. The summed E-state index contributed by atoms with van der Waals surface area (Å²) in [6, 6.07) is 22.3. The zero-order valence-corrected chi connectivity index (χ0v) is 15.2. The minimum atomic E-state index is 0.270. The largest absolute Gasteiger partial charge is 0.320 e. The van der Waals surface area contributed by atoms with Crippen molar-refractivity contribution in [2.75, 3.05) is 0 Å². The van der Waals surface area contributed by atoms with E-state index in [1.165, 1.54) is 27.4 Å². The van der Waals surface area contributed by atoms with Crippen molar-refractivity contribution < 1.29 is 0 Å². The third kappa shape index (κ3) is 1.91. The van der Waals surface area contributed by atoms with Crippen LogP contribution < -0.4 is 0 Å². The highest BCUT2D eigenvalue weighted by atomic mass is 35.5. The van der Waals surface area contributed by atoms with Crippen LogP contribution in [0.25, 0.3) is 33.2 Å². The summed E-state index contributed by atoms with van der Waals surface area (Å²) in [4.78, 5) is 5.08. The number of fused-ring (bicyclic) bond motifs is 10. The molecule has 0 radical (unpaired) electrons. The van der Waals surface area contributed by atoms with Gasteiger partial charge in [0.25, 0.3) is 0 Å². The lowest BCUT2D eigenvalue weighted by atomic mass is 9.74. The summed E-state index contributed by atoms with van der Waals surface area (Å²) in [6.45, 7) is 0. The molecule has 128 valence electrons. The molecule has 0 spiro atoms.